The Bertz CT molecular complexity index is 881. The van der Waals surface area contributed by atoms with Crippen molar-refractivity contribution < 1.29 is 9.90 Å². The molecule has 3 rings (SSSR count). The largest absolute Gasteiger partial charge is 0.478 e. The van der Waals surface area contributed by atoms with Gasteiger partial charge in [-0.25, -0.2) is 9.78 Å². The smallest absolute Gasteiger partial charge is 0.336 e. The summed E-state index contributed by atoms with van der Waals surface area (Å²) in [6, 6.07) is 7.24. The summed E-state index contributed by atoms with van der Waals surface area (Å²) in [7, 11) is 0. The molecule has 0 aliphatic heterocycles. The van der Waals surface area contributed by atoms with Gasteiger partial charge in [-0.15, -0.1) is 0 Å². The van der Waals surface area contributed by atoms with Gasteiger partial charge in [-0.05, 0) is 44.0 Å². The van der Waals surface area contributed by atoms with E-state index in [2.05, 4.69) is 5.10 Å². The quantitative estimate of drug-likeness (QED) is 0.803. The van der Waals surface area contributed by atoms with Gasteiger partial charge in [0.05, 0.1) is 22.5 Å². The number of hydrogen-bond donors (Lipinski definition) is 1. The van der Waals surface area contributed by atoms with E-state index in [0.717, 1.165) is 22.3 Å². The molecular weight excluding hydrogens is 278 g/mol. The maximum atomic E-state index is 11.6. The molecule has 3 aromatic rings. The first-order chi connectivity index (χ1) is 10.5. The summed E-state index contributed by atoms with van der Waals surface area (Å²) >= 11 is 0. The van der Waals surface area contributed by atoms with E-state index < -0.39 is 5.97 Å². The zero-order valence-electron chi connectivity index (χ0n) is 12.8. The number of aryl methyl sites for hydroxylation is 3. The molecular formula is C17H17N3O2. The fourth-order valence-electron chi connectivity index (χ4n) is 2.64. The number of rotatable bonds is 3. The van der Waals surface area contributed by atoms with Crippen LogP contribution in [0.5, 0.6) is 0 Å². The van der Waals surface area contributed by atoms with Crippen molar-refractivity contribution in [3.8, 4) is 11.4 Å². The van der Waals surface area contributed by atoms with Crippen molar-refractivity contribution in [2.75, 3.05) is 0 Å². The molecule has 0 atom stereocenters. The number of pyridine rings is 1. The summed E-state index contributed by atoms with van der Waals surface area (Å²) in [6.45, 7) is 6.67. The number of aromatic carboxylic acids is 1. The number of carbonyl (C=O) groups is 1. The van der Waals surface area contributed by atoms with E-state index >= 15 is 0 Å². The second kappa shape index (κ2) is 5.26. The third-order valence-electron chi connectivity index (χ3n) is 4.01. The third-order valence-corrected chi connectivity index (χ3v) is 4.01. The van der Waals surface area contributed by atoms with E-state index in [1.807, 2.05) is 43.7 Å². The van der Waals surface area contributed by atoms with Crippen molar-refractivity contribution in [2.24, 2.45) is 0 Å². The molecule has 0 saturated carbocycles. The van der Waals surface area contributed by atoms with Crippen LogP contribution >= 0.6 is 0 Å². The molecule has 0 unspecified atom stereocenters. The van der Waals surface area contributed by atoms with Gasteiger partial charge >= 0.3 is 5.97 Å². The predicted octanol–water partition coefficient (Wildman–Crippen LogP) is 3.43. The lowest BCUT2D eigenvalue weighted by molar-refractivity contribution is 0.0699. The Morgan fingerprint density at radius 1 is 1.27 bits per heavy atom. The van der Waals surface area contributed by atoms with Gasteiger partial charge in [0.1, 0.15) is 0 Å². The molecule has 0 bridgehead atoms. The molecule has 0 aliphatic carbocycles. The van der Waals surface area contributed by atoms with E-state index in [-0.39, 0.29) is 5.56 Å². The first-order valence-corrected chi connectivity index (χ1v) is 7.19. The highest BCUT2D eigenvalue weighted by Gasteiger charge is 2.16. The second-order valence-electron chi connectivity index (χ2n) is 5.30. The van der Waals surface area contributed by atoms with Gasteiger partial charge in [0.2, 0.25) is 0 Å². The van der Waals surface area contributed by atoms with Crippen molar-refractivity contribution in [3.05, 3.63) is 47.2 Å². The van der Waals surface area contributed by atoms with Gasteiger partial charge < -0.3 is 5.11 Å². The summed E-state index contributed by atoms with van der Waals surface area (Å²) in [5, 5.41) is 14.4. The first kappa shape index (κ1) is 14.3. The molecule has 5 nitrogen and oxygen atoms in total. The van der Waals surface area contributed by atoms with Gasteiger partial charge in [-0.3, -0.25) is 4.68 Å². The van der Waals surface area contributed by atoms with Crippen molar-refractivity contribution in [2.45, 2.75) is 27.3 Å². The highest BCUT2D eigenvalue weighted by Crippen LogP contribution is 2.28. The van der Waals surface area contributed by atoms with Crippen LogP contribution in [0.1, 0.15) is 28.4 Å². The standard InChI is InChI=1S/C17H17N3O2/c1-4-20-15(7-8-18-20)14-9-13(17(21)22)12-6-5-10(2)11(3)16(12)19-14/h5-9H,4H2,1-3H3,(H,21,22). The number of fused-ring (bicyclic) bond motifs is 1. The normalized spacial score (nSPS) is 11.0. The molecule has 112 valence electrons. The van der Waals surface area contributed by atoms with E-state index in [0.29, 0.717) is 17.6 Å². The van der Waals surface area contributed by atoms with Crippen LogP contribution in [0.15, 0.2) is 30.5 Å². The number of carboxylic acid groups (broad SMARTS) is 1. The number of nitrogens with zero attached hydrogens (tertiary/aromatic N) is 3. The van der Waals surface area contributed by atoms with Crippen LogP contribution in [0.4, 0.5) is 0 Å². The van der Waals surface area contributed by atoms with E-state index in [4.69, 9.17) is 4.98 Å². The molecule has 1 aromatic carbocycles. The Kier molecular flexibility index (Phi) is 3.41. The average molecular weight is 295 g/mol. The van der Waals surface area contributed by atoms with Gasteiger partial charge in [0, 0.05) is 18.1 Å². The molecule has 0 saturated heterocycles. The lowest BCUT2D eigenvalue weighted by Gasteiger charge is -2.11. The molecule has 22 heavy (non-hydrogen) atoms. The minimum atomic E-state index is -0.945. The zero-order chi connectivity index (χ0) is 15.9. The molecule has 0 radical (unpaired) electrons. The topological polar surface area (TPSA) is 68.0 Å². The van der Waals surface area contributed by atoms with Crippen LogP contribution in [0, 0.1) is 13.8 Å². The number of aromatic nitrogens is 3. The minimum absolute atomic E-state index is 0.270. The molecule has 0 fully saturated rings. The summed E-state index contributed by atoms with van der Waals surface area (Å²) in [5.74, 6) is -0.945. The monoisotopic (exact) mass is 295 g/mol. The Morgan fingerprint density at radius 2 is 2.05 bits per heavy atom. The maximum absolute atomic E-state index is 11.6. The van der Waals surface area contributed by atoms with Crippen LogP contribution in [-0.4, -0.2) is 25.8 Å². The SMILES string of the molecule is CCn1nccc1-c1cc(C(=O)O)c2ccc(C)c(C)c2n1. The molecule has 1 N–H and O–H groups in total. The zero-order valence-corrected chi connectivity index (χ0v) is 12.8. The van der Waals surface area contributed by atoms with Crippen LogP contribution in [0.25, 0.3) is 22.3 Å². The van der Waals surface area contributed by atoms with E-state index in [1.165, 1.54) is 0 Å². The Labute approximate surface area is 128 Å². The highest BCUT2D eigenvalue weighted by atomic mass is 16.4. The van der Waals surface area contributed by atoms with Crippen LogP contribution < -0.4 is 0 Å². The molecule has 5 heteroatoms. The molecule has 0 amide bonds. The first-order valence-electron chi connectivity index (χ1n) is 7.19. The average Bonchev–Trinajstić information content (AvgIpc) is 2.98. The van der Waals surface area contributed by atoms with Gasteiger partial charge in [0.15, 0.2) is 0 Å². The number of carboxylic acids is 1. The predicted molar refractivity (Wildman–Crippen MR) is 85.1 cm³/mol. The Morgan fingerprint density at radius 3 is 2.73 bits per heavy atom. The van der Waals surface area contributed by atoms with Crippen molar-refractivity contribution in [3.63, 3.8) is 0 Å². The Balaban J connectivity index is 2.38. The van der Waals surface area contributed by atoms with Gasteiger partial charge in [-0.1, -0.05) is 12.1 Å². The van der Waals surface area contributed by atoms with Crippen molar-refractivity contribution in [1.82, 2.24) is 14.8 Å². The maximum Gasteiger partial charge on any atom is 0.336 e. The van der Waals surface area contributed by atoms with Gasteiger partial charge in [-0.2, -0.15) is 5.10 Å². The lowest BCUT2D eigenvalue weighted by atomic mass is 10.0. The molecule has 2 heterocycles. The summed E-state index contributed by atoms with van der Waals surface area (Å²) in [5.41, 5.74) is 4.57. The molecule has 0 aliphatic rings. The summed E-state index contributed by atoms with van der Waals surface area (Å²) in [6.07, 6.45) is 1.70. The fraction of sp³-hybridized carbons (Fsp3) is 0.235. The number of benzene rings is 1. The minimum Gasteiger partial charge on any atom is -0.478 e. The summed E-state index contributed by atoms with van der Waals surface area (Å²) in [4.78, 5) is 16.3. The van der Waals surface area contributed by atoms with Crippen molar-refractivity contribution in [1.29, 1.82) is 0 Å². The van der Waals surface area contributed by atoms with Gasteiger partial charge in [0.25, 0.3) is 0 Å². The number of hydrogen-bond acceptors (Lipinski definition) is 3. The van der Waals surface area contributed by atoms with Crippen LogP contribution in [0.3, 0.4) is 0 Å². The fourth-order valence-corrected chi connectivity index (χ4v) is 2.64. The van der Waals surface area contributed by atoms with E-state index in [9.17, 15) is 9.90 Å². The third kappa shape index (κ3) is 2.15. The highest BCUT2D eigenvalue weighted by molar-refractivity contribution is 6.04. The van der Waals surface area contributed by atoms with Crippen LogP contribution in [-0.2, 0) is 6.54 Å². The Hall–Kier alpha value is -2.69. The van der Waals surface area contributed by atoms with Crippen LogP contribution in [0.2, 0.25) is 0 Å². The molecule has 0 spiro atoms. The molecule has 2 aromatic heterocycles. The van der Waals surface area contributed by atoms with E-state index in [1.54, 1.807) is 12.3 Å². The summed E-state index contributed by atoms with van der Waals surface area (Å²) < 4.78 is 1.81. The van der Waals surface area contributed by atoms with Crippen molar-refractivity contribution >= 4 is 16.9 Å². The second-order valence-corrected chi connectivity index (χ2v) is 5.30. The lowest BCUT2D eigenvalue weighted by Crippen LogP contribution is -2.04.